The molecule has 1 saturated carbocycles. The van der Waals surface area contributed by atoms with Crippen LogP contribution >= 0.6 is 0 Å². The quantitative estimate of drug-likeness (QED) is 0.849. The Labute approximate surface area is 109 Å². The van der Waals surface area contributed by atoms with Crippen LogP contribution in [0, 0.1) is 5.92 Å². The van der Waals surface area contributed by atoms with Gasteiger partial charge in [-0.3, -0.25) is 9.59 Å². The van der Waals surface area contributed by atoms with Crippen molar-refractivity contribution in [3.63, 3.8) is 0 Å². The molecule has 0 aromatic carbocycles. The van der Waals surface area contributed by atoms with Gasteiger partial charge in [0.15, 0.2) is 0 Å². The van der Waals surface area contributed by atoms with Gasteiger partial charge in [-0.1, -0.05) is 6.92 Å². The highest BCUT2D eigenvalue weighted by atomic mass is 19.4. The second-order valence-corrected chi connectivity index (χ2v) is 5.40. The van der Waals surface area contributed by atoms with Crippen molar-refractivity contribution >= 4 is 11.8 Å². The number of carbonyl (C=O) groups is 2. The van der Waals surface area contributed by atoms with E-state index in [4.69, 9.17) is 0 Å². The highest BCUT2D eigenvalue weighted by Crippen LogP contribution is 2.45. The van der Waals surface area contributed by atoms with Crippen molar-refractivity contribution in [2.45, 2.75) is 50.9 Å². The number of rotatable bonds is 3. The lowest BCUT2D eigenvalue weighted by molar-refractivity contribution is -0.184. The summed E-state index contributed by atoms with van der Waals surface area (Å²) in [4.78, 5) is 25.0. The Kier molecular flexibility index (Phi) is 3.26. The Morgan fingerprint density at radius 2 is 1.95 bits per heavy atom. The van der Waals surface area contributed by atoms with E-state index in [1.807, 2.05) is 0 Å². The number of piperazine rings is 1. The van der Waals surface area contributed by atoms with E-state index in [9.17, 15) is 22.8 Å². The molecule has 108 valence electrons. The highest BCUT2D eigenvalue weighted by Gasteiger charge is 2.58. The van der Waals surface area contributed by atoms with Crippen molar-refractivity contribution in [1.82, 2.24) is 10.2 Å². The molecule has 2 atom stereocenters. The van der Waals surface area contributed by atoms with E-state index in [0.717, 1.165) is 4.90 Å². The minimum absolute atomic E-state index is 0.170. The third-order valence-corrected chi connectivity index (χ3v) is 4.01. The van der Waals surface area contributed by atoms with E-state index in [2.05, 4.69) is 5.32 Å². The average molecular weight is 278 g/mol. The van der Waals surface area contributed by atoms with Crippen molar-refractivity contribution in [2.24, 2.45) is 5.92 Å². The van der Waals surface area contributed by atoms with Crippen molar-refractivity contribution in [1.29, 1.82) is 0 Å². The van der Waals surface area contributed by atoms with Crippen LogP contribution in [-0.4, -0.2) is 41.0 Å². The number of carbonyl (C=O) groups excluding carboxylic acids is 2. The third kappa shape index (κ3) is 2.42. The first-order chi connectivity index (χ1) is 8.70. The maximum absolute atomic E-state index is 12.7. The van der Waals surface area contributed by atoms with E-state index in [1.54, 1.807) is 6.92 Å². The van der Waals surface area contributed by atoms with Crippen LogP contribution in [0.3, 0.4) is 0 Å². The maximum Gasteiger partial charge on any atom is 0.406 e. The van der Waals surface area contributed by atoms with Gasteiger partial charge in [0.05, 0.1) is 0 Å². The smallest absolute Gasteiger partial charge is 0.342 e. The number of nitrogens with one attached hydrogen (secondary N) is 1. The van der Waals surface area contributed by atoms with Gasteiger partial charge in [0, 0.05) is 0 Å². The molecule has 1 aliphatic carbocycles. The largest absolute Gasteiger partial charge is 0.406 e. The topological polar surface area (TPSA) is 49.4 Å². The van der Waals surface area contributed by atoms with Crippen LogP contribution in [0.4, 0.5) is 13.2 Å². The number of halogens is 3. The fourth-order valence-electron chi connectivity index (χ4n) is 2.66. The van der Waals surface area contributed by atoms with Crippen LogP contribution in [0.2, 0.25) is 0 Å². The van der Waals surface area contributed by atoms with Crippen LogP contribution in [0.1, 0.15) is 33.1 Å². The van der Waals surface area contributed by atoms with Gasteiger partial charge in [-0.15, -0.1) is 0 Å². The summed E-state index contributed by atoms with van der Waals surface area (Å²) >= 11 is 0. The number of alkyl halides is 3. The molecule has 2 fully saturated rings. The van der Waals surface area contributed by atoms with Gasteiger partial charge >= 0.3 is 6.18 Å². The van der Waals surface area contributed by atoms with Crippen molar-refractivity contribution in [2.75, 3.05) is 6.54 Å². The molecule has 7 heteroatoms. The fourth-order valence-corrected chi connectivity index (χ4v) is 2.66. The fraction of sp³-hybridized carbons (Fsp3) is 0.833. The number of hydrogen-bond donors (Lipinski definition) is 1. The summed E-state index contributed by atoms with van der Waals surface area (Å²) in [6.45, 7) is 1.74. The maximum atomic E-state index is 12.7. The standard InChI is InChI=1S/C12H17F3N2O2/c1-3-8-9(18)17(6-12(13,14)15)11(2,7-4-5-7)10(19)16-8/h7-8H,3-6H2,1-2H3,(H,16,19). The average Bonchev–Trinajstić information content (AvgIpc) is 3.12. The van der Waals surface area contributed by atoms with Gasteiger partial charge < -0.3 is 10.2 Å². The van der Waals surface area contributed by atoms with E-state index in [1.165, 1.54) is 6.92 Å². The summed E-state index contributed by atoms with van der Waals surface area (Å²) in [5.74, 6) is -1.27. The van der Waals surface area contributed by atoms with Crippen molar-refractivity contribution in [3.05, 3.63) is 0 Å². The molecule has 0 aromatic rings. The molecule has 4 nitrogen and oxygen atoms in total. The molecular weight excluding hydrogens is 261 g/mol. The molecule has 0 aromatic heterocycles. The van der Waals surface area contributed by atoms with Crippen LogP contribution < -0.4 is 5.32 Å². The number of amides is 2. The minimum atomic E-state index is -4.50. The molecule has 1 N–H and O–H groups in total. The lowest BCUT2D eigenvalue weighted by atomic mass is 9.87. The molecule has 2 unspecified atom stereocenters. The lowest BCUT2D eigenvalue weighted by Crippen LogP contribution is -2.71. The van der Waals surface area contributed by atoms with E-state index < -0.39 is 36.1 Å². The van der Waals surface area contributed by atoms with Crippen molar-refractivity contribution in [3.8, 4) is 0 Å². The van der Waals surface area contributed by atoms with Gasteiger partial charge in [0.2, 0.25) is 11.8 Å². The van der Waals surface area contributed by atoms with Crippen LogP contribution in [0.5, 0.6) is 0 Å². The molecule has 2 rings (SSSR count). The van der Waals surface area contributed by atoms with Gasteiger partial charge in [0.1, 0.15) is 18.1 Å². The zero-order valence-electron chi connectivity index (χ0n) is 10.9. The predicted octanol–water partition coefficient (Wildman–Crippen LogP) is 1.45. The van der Waals surface area contributed by atoms with E-state index in [0.29, 0.717) is 19.3 Å². The highest BCUT2D eigenvalue weighted by molar-refractivity contribution is 6.00. The normalized spacial score (nSPS) is 32.5. The molecule has 0 radical (unpaired) electrons. The summed E-state index contributed by atoms with van der Waals surface area (Å²) in [7, 11) is 0. The first kappa shape index (κ1) is 14.1. The van der Waals surface area contributed by atoms with E-state index >= 15 is 0 Å². The summed E-state index contributed by atoms with van der Waals surface area (Å²) in [6.07, 6.45) is -2.84. The van der Waals surface area contributed by atoms with Crippen LogP contribution in [-0.2, 0) is 9.59 Å². The molecule has 1 aliphatic heterocycles. The molecule has 1 saturated heterocycles. The Morgan fingerprint density at radius 1 is 1.37 bits per heavy atom. The zero-order chi connectivity index (χ0) is 14.4. The number of nitrogens with zero attached hydrogens (tertiary/aromatic N) is 1. The van der Waals surface area contributed by atoms with Crippen molar-refractivity contribution < 1.29 is 22.8 Å². The molecule has 0 bridgehead atoms. The second kappa shape index (κ2) is 4.38. The molecule has 1 heterocycles. The Morgan fingerprint density at radius 3 is 2.37 bits per heavy atom. The summed E-state index contributed by atoms with van der Waals surface area (Å²) in [5, 5.41) is 2.55. The number of hydrogen-bond acceptors (Lipinski definition) is 2. The van der Waals surface area contributed by atoms with Crippen LogP contribution in [0.15, 0.2) is 0 Å². The van der Waals surface area contributed by atoms with Gasteiger partial charge in [-0.2, -0.15) is 13.2 Å². The zero-order valence-corrected chi connectivity index (χ0v) is 10.9. The van der Waals surface area contributed by atoms with Gasteiger partial charge in [-0.05, 0) is 32.1 Å². The summed E-state index contributed by atoms with van der Waals surface area (Å²) < 4.78 is 38.0. The molecule has 0 spiro atoms. The molecule has 2 amide bonds. The predicted molar refractivity (Wildman–Crippen MR) is 61.1 cm³/mol. The minimum Gasteiger partial charge on any atom is -0.342 e. The Balaban J connectivity index is 2.33. The molecular formula is C12H17F3N2O2. The lowest BCUT2D eigenvalue weighted by Gasteiger charge is -2.46. The monoisotopic (exact) mass is 278 g/mol. The van der Waals surface area contributed by atoms with Gasteiger partial charge in [0.25, 0.3) is 0 Å². The van der Waals surface area contributed by atoms with E-state index in [-0.39, 0.29) is 5.92 Å². The first-order valence-electron chi connectivity index (χ1n) is 6.39. The molecule has 19 heavy (non-hydrogen) atoms. The molecule has 2 aliphatic rings. The first-order valence-corrected chi connectivity index (χ1v) is 6.39. The SMILES string of the molecule is CCC1NC(=O)C(C)(C2CC2)N(CC(F)(F)F)C1=O. The Bertz CT molecular complexity index is 406. The Hall–Kier alpha value is -1.27. The summed E-state index contributed by atoms with van der Waals surface area (Å²) in [5.41, 5.74) is -1.36. The second-order valence-electron chi connectivity index (χ2n) is 5.40. The summed E-state index contributed by atoms with van der Waals surface area (Å²) in [6, 6.07) is -0.846. The third-order valence-electron chi connectivity index (χ3n) is 4.01. The van der Waals surface area contributed by atoms with Crippen LogP contribution in [0.25, 0.3) is 0 Å². The van der Waals surface area contributed by atoms with Gasteiger partial charge in [-0.25, -0.2) is 0 Å².